The summed E-state index contributed by atoms with van der Waals surface area (Å²) in [4.78, 5) is 17.8. The number of nitrogens with one attached hydrogen (secondary N) is 1. The lowest BCUT2D eigenvalue weighted by atomic mass is 10.0. The number of aromatic nitrogens is 2. The van der Waals surface area contributed by atoms with Gasteiger partial charge in [-0.05, 0) is 38.8 Å². The quantitative estimate of drug-likeness (QED) is 0.944. The fourth-order valence-corrected chi connectivity index (χ4v) is 3.32. The van der Waals surface area contributed by atoms with Gasteiger partial charge in [-0.2, -0.15) is 0 Å². The Hall–Kier alpha value is -1.75. The first-order valence-electron chi connectivity index (χ1n) is 7.63. The fourth-order valence-electron chi connectivity index (χ4n) is 3.32. The second-order valence-electron chi connectivity index (χ2n) is 6.02. The van der Waals surface area contributed by atoms with Crippen LogP contribution in [0.3, 0.4) is 0 Å². The predicted molar refractivity (Wildman–Crippen MR) is 84.1 cm³/mol. The van der Waals surface area contributed by atoms with Crippen molar-refractivity contribution in [2.24, 2.45) is 0 Å². The molecule has 5 nitrogen and oxygen atoms in total. The second-order valence-corrected chi connectivity index (χ2v) is 6.02. The number of imidazole rings is 1. The normalized spacial score (nSPS) is 17.7. The van der Waals surface area contributed by atoms with Gasteiger partial charge < -0.3 is 14.6 Å². The van der Waals surface area contributed by atoms with Gasteiger partial charge in [0.25, 0.3) is 0 Å². The van der Waals surface area contributed by atoms with E-state index in [1.54, 1.807) is 7.11 Å². The fraction of sp³-hybridized carbons (Fsp3) is 0.562. The molecule has 1 aromatic heterocycles. The van der Waals surface area contributed by atoms with Gasteiger partial charge in [0.1, 0.15) is 11.3 Å². The van der Waals surface area contributed by atoms with Crippen molar-refractivity contribution in [3.8, 4) is 5.75 Å². The van der Waals surface area contributed by atoms with Gasteiger partial charge in [0.2, 0.25) is 0 Å². The van der Waals surface area contributed by atoms with Crippen molar-refractivity contribution >= 4 is 11.0 Å². The third-order valence-corrected chi connectivity index (χ3v) is 4.51. The van der Waals surface area contributed by atoms with Crippen LogP contribution in [0.25, 0.3) is 11.0 Å². The molecule has 0 amide bonds. The SMILES string of the molecule is COc1cccc2[nH]c(=O)n(C3CCN(C(C)C)CC3)c12. The van der Waals surface area contributed by atoms with E-state index in [1.165, 1.54) is 0 Å². The molecule has 2 heterocycles. The van der Waals surface area contributed by atoms with Crippen molar-refractivity contribution in [2.45, 2.75) is 38.8 Å². The number of rotatable bonds is 3. The van der Waals surface area contributed by atoms with Crippen molar-refractivity contribution in [3.63, 3.8) is 0 Å². The molecular formula is C16H23N3O2. The molecule has 3 rings (SSSR count). The van der Waals surface area contributed by atoms with Gasteiger partial charge in [-0.25, -0.2) is 4.79 Å². The van der Waals surface area contributed by atoms with Crippen LogP contribution in [0.15, 0.2) is 23.0 Å². The lowest BCUT2D eigenvalue weighted by Gasteiger charge is -2.35. The van der Waals surface area contributed by atoms with Crippen LogP contribution in [0.5, 0.6) is 5.75 Å². The van der Waals surface area contributed by atoms with Crippen molar-refractivity contribution in [2.75, 3.05) is 20.2 Å². The van der Waals surface area contributed by atoms with Crippen LogP contribution in [0, 0.1) is 0 Å². The van der Waals surface area contributed by atoms with Crippen molar-refractivity contribution in [1.29, 1.82) is 0 Å². The number of hydrogen-bond acceptors (Lipinski definition) is 3. The van der Waals surface area contributed by atoms with Crippen LogP contribution in [0.2, 0.25) is 0 Å². The number of para-hydroxylation sites is 1. The molecule has 1 aliphatic rings. The number of fused-ring (bicyclic) bond motifs is 1. The van der Waals surface area contributed by atoms with Crippen LogP contribution in [-0.2, 0) is 0 Å². The molecule has 0 unspecified atom stereocenters. The Morgan fingerprint density at radius 1 is 1.29 bits per heavy atom. The first-order chi connectivity index (χ1) is 10.1. The molecule has 1 fully saturated rings. The minimum atomic E-state index is -0.0301. The minimum absolute atomic E-state index is 0.0301. The van der Waals surface area contributed by atoms with Gasteiger partial charge in [0.05, 0.1) is 12.6 Å². The maximum absolute atomic E-state index is 12.4. The number of piperidine rings is 1. The van der Waals surface area contributed by atoms with Crippen molar-refractivity contribution in [3.05, 3.63) is 28.7 Å². The van der Waals surface area contributed by atoms with Gasteiger partial charge in [-0.3, -0.25) is 4.57 Å². The van der Waals surface area contributed by atoms with E-state index in [4.69, 9.17) is 4.74 Å². The minimum Gasteiger partial charge on any atom is -0.494 e. The average Bonchev–Trinajstić information content (AvgIpc) is 2.83. The molecule has 1 N–H and O–H groups in total. The maximum atomic E-state index is 12.4. The summed E-state index contributed by atoms with van der Waals surface area (Å²) < 4.78 is 7.34. The molecule has 0 bridgehead atoms. The van der Waals surface area contributed by atoms with Crippen LogP contribution < -0.4 is 10.4 Å². The largest absolute Gasteiger partial charge is 0.494 e. The lowest BCUT2D eigenvalue weighted by molar-refractivity contribution is 0.152. The third-order valence-electron chi connectivity index (χ3n) is 4.51. The van der Waals surface area contributed by atoms with E-state index in [9.17, 15) is 4.79 Å². The van der Waals surface area contributed by atoms with E-state index < -0.39 is 0 Å². The number of likely N-dealkylation sites (tertiary alicyclic amines) is 1. The highest BCUT2D eigenvalue weighted by Crippen LogP contribution is 2.30. The van der Waals surface area contributed by atoms with Gasteiger partial charge >= 0.3 is 5.69 Å². The summed E-state index contributed by atoms with van der Waals surface area (Å²) in [5.74, 6) is 0.761. The standard InChI is InChI=1S/C16H23N3O2/c1-11(2)18-9-7-12(8-10-18)19-15-13(17-16(19)20)5-4-6-14(15)21-3/h4-6,11-12H,7-10H2,1-3H3,(H,17,20). The zero-order valence-electron chi connectivity index (χ0n) is 12.9. The summed E-state index contributed by atoms with van der Waals surface area (Å²) in [6, 6.07) is 6.56. The first-order valence-corrected chi connectivity index (χ1v) is 7.63. The summed E-state index contributed by atoms with van der Waals surface area (Å²) in [5, 5.41) is 0. The highest BCUT2D eigenvalue weighted by atomic mass is 16.5. The predicted octanol–water partition coefficient (Wildman–Crippen LogP) is 2.38. The number of H-pyrrole nitrogens is 1. The van der Waals surface area contributed by atoms with E-state index in [0.717, 1.165) is 42.7 Å². The monoisotopic (exact) mass is 289 g/mol. The lowest BCUT2D eigenvalue weighted by Crippen LogP contribution is -2.40. The number of hydrogen-bond donors (Lipinski definition) is 1. The number of nitrogens with zero attached hydrogens (tertiary/aromatic N) is 2. The first kappa shape index (κ1) is 14.2. The Morgan fingerprint density at radius 2 is 2.00 bits per heavy atom. The van der Waals surface area contributed by atoms with Gasteiger partial charge in [-0.15, -0.1) is 0 Å². The van der Waals surface area contributed by atoms with Crippen LogP contribution in [-0.4, -0.2) is 40.7 Å². The zero-order valence-corrected chi connectivity index (χ0v) is 12.9. The summed E-state index contributed by atoms with van der Waals surface area (Å²) in [6.45, 7) is 6.52. The summed E-state index contributed by atoms with van der Waals surface area (Å²) >= 11 is 0. The molecule has 0 aliphatic carbocycles. The van der Waals surface area contributed by atoms with E-state index in [-0.39, 0.29) is 11.7 Å². The Labute approximate surface area is 124 Å². The van der Waals surface area contributed by atoms with Crippen molar-refractivity contribution in [1.82, 2.24) is 14.5 Å². The van der Waals surface area contributed by atoms with E-state index in [1.807, 2.05) is 22.8 Å². The zero-order chi connectivity index (χ0) is 15.0. The van der Waals surface area contributed by atoms with Crippen LogP contribution in [0.1, 0.15) is 32.7 Å². The van der Waals surface area contributed by atoms with Crippen molar-refractivity contribution < 1.29 is 4.74 Å². The van der Waals surface area contributed by atoms with Crippen LogP contribution >= 0.6 is 0 Å². The number of methoxy groups -OCH3 is 1. The van der Waals surface area contributed by atoms with E-state index in [0.29, 0.717) is 6.04 Å². The van der Waals surface area contributed by atoms with Gasteiger partial charge in [-0.1, -0.05) is 6.07 Å². The summed E-state index contributed by atoms with van der Waals surface area (Å²) in [7, 11) is 1.65. The summed E-state index contributed by atoms with van der Waals surface area (Å²) in [6.07, 6.45) is 2.01. The smallest absolute Gasteiger partial charge is 0.326 e. The molecule has 1 aliphatic heterocycles. The maximum Gasteiger partial charge on any atom is 0.326 e. The van der Waals surface area contributed by atoms with Gasteiger partial charge in [0, 0.05) is 25.2 Å². The Balaban J connectivity index is 1.98. The molecular weight excluding hydrogens is 266 g/mol. The highest BCUT2D eigenvalue weighted by molar-refractivity contribution is 5.82. The number of aromatic amines is 1. The number of ether oxygens (including phenoxy) is 1. The topological polar surface area (TPSA) is 50.3 Å². The molecule has 0 spiro atoms. The van der Waals surface area contributed by atoms with E-state index >= 15 is 0 Å². The van der Waals surface area contributed by atoms with Crippen LogP contribution in [0.4, 0.5) is 0 Å². The van der Waals surface area contributed by atoms with E-state index in [2.05, 4.69) is 23.7 Å². The molecule has 114 valence electrons. The molecule has 1 aromatic carbocycles. The molecule has 21 heavy (non-hydrogen) atoms. The molecule has 0 saturated carbocycles. The number of benzene rings is 1. The Bertz CT molecular complexity index is 678. The van der Waals surface area contributed by atoms with Gasteiger partial charge in [0.15, 0.2) is 0 Å². The third kappa shape index (κ3) is 2.46. The highest BCUT2D eigenvalue weighted by Gasteiger charge is 2.25. The second kappa shape index (κ2) is 5.56. The summed E-state index contributed by atoms with van der Waals surface area (Å²) in [5.41, 5.74) is 1.72. The molecule has 0 atom stereocenters. The molecule has 0 radical (unpaired) electrons. The Morgan fingerprint density at radius 3 is 2.62 bits per heavy atom. The molecule has 1 saturated heterocycles. The Kier molecular flexibility index (Phi) is 3.76. The molecule has 5 heteroatoms. The molecule has 2 aromatic rings. The average molecular weight is 289 g/mol.